The molecule has 1 aliphatic carbocycles. The maximum atomic E-state index is 14.2. The van der Waals surface area contributed by atoms with Crippen LogP contribution in [0.4, 0.5) is 10.3 Å². The molecule has 4 atom stereocenters. The number of nitrogens with zero attached hydrogens (tertiary/aromatic N) is 5. The minimum Gasteiger partial charge on any atom is -0.507 e. The number of nitrogens with one attached hydrogen (secondary N) is 2. The molecule has 0 radical (unpaired) electrons. The first kappa shape index (κ1) is 18.7. The number of benzene rings is 1. The Morgan fingerprint density at radius 2 is 1.94 bits per heavy atom. The second-order valence-corrected chi connectivity index (χ2v) is 8.85. The number of aromatic hydroxyl groups is 1. The molecule has 0 unspecified atom stereocenters. The van der Waals surface area contributed by atoms with Crippen LogP contribution in [-0.4, -0.2) is 60.8 Å². The number of phenols is 1. The Bertz CT molecular complexity index is 1070. The van der Waals surface area contributed by atoms with E-state index in [4.69, 9.17) is 0 Å². The van der Waals surface area contributed by atoms with Crippen molar-refractivity contribution < 1.29 is 9.50 Å². The molecule has 4 heterocycles. The van der Waals surface area contributed by atoms with E-state index in [1.54, 1.807) is 24.7 Å². The van der Waals surface area contributed by atoms with Crippen molar-refractivity contribution in [3.8, 4) is 28.1 Å². The Morgan fingerprint density at radius 1 is 1.03 bits per heavy atom. The van der Waals surface area contributed by atoms with Crippen LogP contribution in [-0.2, 0) is 0 Å². The summed E-state index contributed by atoms with van der Waals surface area (Å²) >= 11 is 0. The molecule has 31 heavy (non-hydrogen) atoms. The number of aromatic amines is 1. The highest BCUT2D eigenvalue weighted by atomic mass is 19.1. The first-order valence-electron chi connectivity index (χ1n) is 10.9. The van der Waals surface area contributed by atoms with Gasteiger partial charge in [-0.3, -0.25) is 5.10 Å². The molecule has 0 amide bonds. The van der Waals surface area contributed by atoms with E-state index in [0.717, 1.165) is 36.8 Å². The number of rotatable bonds is 5. The number of piperidine rings is 1. The summed E-state index contributed by atoms with van der Waals surface area (Å²) in [6.07, 6.45) is 8.89. The third-order valence-corrected chi connectivity index (χ3v) is 6.70. The minimum atomic E-state index is -0.759. The van der Waals surface area contributed by atoms with Gasteiger partial charge in [0.25, 0.3) is 0 Å². The number of fused-ring (bicyclic) bond motifs is 2. The fraction of sp³-hybridized carbons (Fsp3) is 0.455. The number of alkyl halides is 1. The summed E-state index contributed by atoms with van der Waals surface area (Å²) in [6, 6.07) is 6.22. The van der Waals surface area contributed by atoms with E-state index in [2.05, 4.69) is 35.6 Å². The number of aromatic nitrogens is 5. The SMILES string of the molecule is Oc1cc(-c2cn[nH]c2)ccc1-c1cnc(N(C2CC2)[C@@H]2C[C@@H]3C[C@H](F)[C@@H](C2)N3)nn1. The number of H-pyrrole nitrogens is 1. The summed E-state index contributed by atoms with van der Waals surface area (Å²) in [5, 5.41) is 29.4. The van der Waals surface area contributed by atoms with Gasteiger partial charge in [0.1, 0.15) is 17.6 Å². The number of hydrogen-bond acceptors (Lipinski definition) is 7. The Balaban J connectivity index is 1.25. The summed E-state index contributed by atoms with van der Waals surface area (Å²) in [7, 11) is 0. The number of hydrogen-bond donors (Lipinski definition) is 3. The van der Waals surface area contributed by atoms with Crippen molar-refractivity contribution >= 4 is 5.95 Å². The lowest BCUT2D eigenvalue weighted by Crippen LogP contribution is -2.50. The van der Waals surface area contributed by atoms with Gasteiger partial charge in [-0.1, -0.05) is 6.07 Å². The molecule has 6 rings (SSSR count). The Hall–Kier alpha value is -3.07. The van der Waals surface area contributed by atoms with Crippen molar-refractivity contribution in [3.05, 3.63) is 36.8 Å². The van der Waals surface area contributed by atoms with E-state index in [9.17, 15) is 9.50 Å². The third kappa shape index (κ3) is 3.42. The Morgan fingerprint density at radius 3 is 2.61 bits per heavy atom. The zero-order chi connectivity index (χ0) is 20.9. The van der Waals surface area contributed by atoms with Gasteiger partial charge in [-0.15, -0.1) is 10.2 Å². The summed E-state index contributed by atoms with van der Waals surface area (Å²) in [4.78, 5) is 6.87. The minimum absolute atomic E-state index is 0.0667. The zero-order valence-electron chi connectivity index (χ0n) is 16.9. The summed E-state index contributed by atoms with van der Waals surface area (Å²) in [5.74, 6) is 0.716. The Labute approximate surface area is 178 Å². The second-order valence-electron chi connectivity index (χ2n) is 8.85. The van der Waals surface area contributed by atoms with Gasteiger partial charge in [0.05, 0.1) is 12.4 Å². The van der Waals surface area contributed by atoms with E-state index in [1.165, 1.54) is 0 Å². The molecule has 3 aliphatic rings. The monoisotopic (exact) mass is 421 g/mol. The van der Waals surface area contributed by atoms with Crippen molar-refractivity contribution in [3.63, 3.8) is 0 Å². The lowest BCUT2D eigenvalue weighted by molar-refractivity contribution is 0.271. The highest BCUT2D eigenvalue weighted by Gasteiger charge is 2.46. The molecule has 0 spiro atoms. The van der Waals surface area contributed by atoms with Crippen LogP contribution in [0.2, 0.25) is 0 Å². The standard InChI is InChI=1S/C22H24FN7O/c23-18-7-14-6-16(8-19(18)27-14)30(15-2-3-15)22-24-11-20(28-29-22)17-4-1-12(5-21(17)31)13-9-25-26-10-13/h1,4-5,9-11,14-16,18-19,27,31H,2-3,6-8H2,(H,25,26)/t14-,16-,18+,19-/m1/s1. The molecule has 2 bridgehead atoms. The maximum Gasteiger partial charge on any atom is 0.245 e. The molecular weight excluding hydrogens is 397 g/mol. The topological polar surface area (TPSA) is 103 Å². The van der Waals surface area contributed by atoms with Crippen LogP contribution in [0, 0.1) is 0 Å². The quantitative estimate of drug-likeness (QED) is 0.582. The van der Waals surface area contributed by atoms with Gasteiger partial charge in [0, 0.05) is 41.5 Å². The second kappa shape index (κ2) is 7.26. The average Bonchev–Trinajstić information content (AvgIpc) is 3.37. The summed E-state index contributed by atoms with van der Waals surface area (Å²) in [5.41, 5.74) is 2.86. The van der Waals surface area contributed by atoms with Crippen molar-refractivity contribution in [2.75, 3.05) is 4.90 Å². The number of halogens is 1. The van der Waals surface area contributed by atoms with E-state index < -0.39 is 6.17 Å². The van der Waals surface area contributed by atoms with Gasteiger partial charge in [0.2, 0.25) is 5.95 Å². The molecule has 2 saturated heterocycles. The fourth-order valence-electron chi connectivity index (χ4n) is 5.06. The van der Waals surface area contributed by atoms with Crippen molar-refractivity contribution in [2.24, 2.45) is 0 Å². The van der Waals surface area contributed by atoms with Crippen LogP contribution in [0.3, 0.4) is 0 Å². The number of anilines is 1. The van der Waals surface area contributed by atoms with Gasteiger partial charge in [-0.2, -0.15) is 5.10 Å². The third-order valence-electron chi connectivity index (χ3n) is 6.70. The fourth-order valence-corrected chi connectivity index (χ4v) is 5.06. The smallest absolute Gasteiger partial charge is 0.245 e. The number of phenolic OH excluding ortho intramolecular Hbond substituents is 1. The lowest BCUT2D eigenvalue weighted by atomic mass is 9.98. The largest absolute Gasteiger partial charge is 0.507 e. The average molecular weight is 421 g/mol. The van der Waals surface area contributed by atoms with Gasteiger partial charge >= 0.3 is 0 Å². The van der Waals surface area contributed by atoms with Gasteiger partial charge < -0.3 is 15.3 Å². The van der Waals surface area contributed by atoms with Gasteiger partial charge in [-0.05, 0) is 49.8 Å². The molecule has 3 N–H and O–H groups in total. The zero-order valence-corrected chi connectivity index (χ0v) is 16.9. The van der Waals surface area contributed by atoms with Crippen LogP contribution >= 0.6 is 0 Å². The molecule has 9 heteroatoms. The maximum absolute atomic E-state index is 14.2. The molecule has 3 fully saturated rings. The van der Waals surface area contributed by atoms with Crippen molar-refractivity contribution in [2.45, 2.75) is 62.4 Å². The molecule has 2 aliphatic heterocycles. The summed E-state index contributed by atoms with van der Waals surface area (Å²) in [6.45, 7) is 0. The van der Waals surface area contributed by atoms with Crippen LogP contribution in [0.1, 0.15) is 32.1 Å². The first-order chi connectivity index (χ1) is 15.2. The normalized spacial score (nSPS) is 27.4. The highest BCUT2D eigenvalue weighted by Crippen LogP contribution is 2.39. The van der Waals surface area contributed by atoms with Crippen LogP contribution in [0.25, 0.3) is 22.4 Å². The van der Waals surface area contributed by atoms with Crippen LogP contribution in [0.5, 0.6) is 5.75 Å². The van der Waals surface area contributed by atoms with Crippen LogP contribution < -0.4 is 10.2 Å². The predicted molar refractivity (Wildman–Crippen MR) is 113 cm³/mol. The van der Waals surface area contributed by atoms with Gasteiger partial charge in [-0.25, -0.2) is 9.37 Å². The Kier molecular flexibility index (Phi) is 4.38. The molecule has 2 aromatic heterocycles. The molecule has 160 valence electrons. The van der Waals surface area contributed by atoms with Gasteiger partial charge in [0.15, 0.2) is 0 Å². The highest BCUT2D eigenvalue weighted by molar-refractivity contribution is 5.73. The van der Waals surface area contributed by atoms with E-state index in [-0.39, 0.29) is 23.9 Å². The summed E-state index contributed by atoms with van der Waals surface area (Å²) < 4.78 is 14.2. The van der Waals surface area contributed by atoms with Crippen LogP contribution in [0.15, 0.2) is 36.8 Å². The van der Waals surface area contributed by atoms with Crippen molar-refractivity contribution in [1.29, 1.82) is 0 Å². The van der Waals surface area contributed by atoms with E-state index >= 15 is 0 Å². The van der Waals surface area contributed by atoms with Crippen molar-refractivity contribution in [1.82, 2.24) is 30.7 Å². The predicted octanol–water partition coefficient (Wildman–Crippen LogP) is 2.83. The lowest BCUT2D eigenvalue weighted by Gasteiger charge is -2.37. The molecule has 3 aromatic rings. The van der Waals surface area contributed by atoms with E-state index in [1.807, 2.05) is 12.1 Å². The first-order valence-corrected chi connectivity index (χ1v) is 10.9. The molecule has 8 nitrogen and oxygen atoms in total. The molecular formula is C22H24FN7O. The molecule has 1 saturated carbocycles. The van der Waals surface area contributed by atoms with E-state index in [0.29, 0.717) is 29.7 Å². The molecule has 1 aromatic carbocycles.